The van der Waals surface area contributed by atoms with Crippen molar-refractivity contribution in [2.75, 3.05) is 0 Å². The minimum absolute atomic E-state index is 0.129. The number of benzene rings is 2. The molecule has 0 saturated carbocycles. The summed E-state index contributed by atoms with van der Waals surface area (Å²) in [5.41, 5.74) is 0.688. The van der Waals surface area contributed by atoms with Crippen molar-refractivity contribution in [1.82, 2.24) is 4.90 Å². The summed E-state index contributed by atoms with van der Waals surface area (Å²) in [7, 11) is 0. The Labute approximate surface area is 153 Å². The highest BCUT2D eigenvalue weighted by molar-refractivity contribution is 8.26. The van der Waals surface area contributed by atoms with Crippen LogP contribution in [0.25, 0.3) is 6.08 Å². The zero-order valence-corrected chi connectivity index (χ0v) is 14.4. The molecule has 2 aromatic carbocycles. The summed E-state index contributed by atoms with van der Waals surface area (Å²) >= 11 is 6.17. The lowest BCUT2D eigenvalue weighted by atomic mass is 10.1. The molecule has 0 radical (unpaired) electrons. The first kappa shape index (κ1) is 17.3. The van der Waals surface area contributed by atoms with Crippen LogP contribution in [0.15, 0.2) is 59.5 Å². The Morgan fingerprint density at radius 2 is 1.80 bits per heavy atom. The number of thioether (sulfide) groups is 1. The van der Waals surface area contributed by atoms with Crippen molar-refractivity contribution in [3.63, 3.8) is 0 Å². The molecule has 1 heterocycles. The Morgan fingerprint density at radius 3 is 2.44 bits per heavy atom. The van der Waals surface area contributed by atoms with Gasteiger partial charge in [0.1, 0.15) is 10.1 Å². The van der Waals surface area contributed by atoms with Crippen molar-refractivity contribution in [3.05, 3.63) is 76.4 Å². The molecule has 7 heteroatoms. The fraction of sp³-hybridized carbons (Fsp3) is 0.0556. The lowest BCUT2D eigenvalue weighted by molar-refractivity contribution is -0.145. The van der Waals surface area contributed by atoms with Gasteiger partial charge in [-0.2, -0.15) is 0 Å². The Kier molecular flexibility index (Phi) is 4.96. The van der Waals surface area contributed by atoms with E-state index < -0.39 is 23.7 Å². The average Bonchev–Trinajstić information content (AvgIpc) is 2.86. The van der Waals surface area contributed by atoms with E-state index in [1.54, 1.807) is 42.5 Å². The van der Waals surface area contributed by atoms with E-state index in [-0.39, 0.29) is 14.8 Å². The molecule has 1 atom stereocenters. The molecule has 3 rings (SSSR count). The zero-order valence-electron chi connectivity index (χ0n) is 12.8. The van der Waals surface area contributed by atoms with Crippen molar-refractivity contribution >= 4 is 46.3 Å². The predicted octanol–water partition coefficient (Wildman–Crippen LogP) is 3.85. The molecule has 4 nitrogen and oxygen atoms in total. The van der Waals surface area contributed by atoms with Crippen molar-refractivity contribution in [1.29, 1.82) is 0 Å². The second kappa shape index (κ2) is 7.16. The van der Waals surface area contributed by atoms with Gasteiger partial charge in [-0.25, -0.2) is 9.18 Å². The smallest absolute Gasteiger partial charge is 0.331 e. The molecule has 126 valence electrons. The number of amides is 1. The summed E-state index contributed by atoms with van der Waals surface area (Å²) in [6, 6.07) is 13.2. The summed E-state index contributed by atoms with van der Waals surface area (Å²) in [5.74, 6) is -2.20. The molecule has 1 N–H and O–H groups in total. The lowest BCUT2D eigenvalue weighted by Crippen LogP contribution is -2.37. The molecule has 25 heavy (non-hydrogen) atoms. The minimum atomic E-state index is -1.22. The maximum Gasteiger partial charge on any atom is 0.331 e. The van der Waals surface area contributed by atoms with Gasteiger partial charge >= 0.3 is 5.97 Å². The Bertz CT molecular complexity index is 883. The third-order valence-electron chi connectivity index (χ3n) is 3.62. The normalized spacial score (nSPS) is 17.2. The molecule has 0 bridgehead atoms. The van der Waals surface area contributed by atoms with E-state index in [4.69, 9.17) is 12.2 Å². The molecule has 1 aliphatic heterocycles. The zero-order chi connectivity index (χ0) is 18.0. The molecule has 0 unspecified atom stereocenters. The molecule has 2 aromatic rings. The number of carboxylic acid groups (broad SMARTS) is 1. The van der Waals surface area contributed by atoms with Crippen molar-refractivity contribution in [3.8, 4) is 0 Å². The molecule has 0 aliphatic carbocycles. The van der Waals surface area contributed by atoms with E-state index in [1.807, 2.05) is 0 Å². The number of rotatable bonds is 4. The maximum absolute atomic E-state index is 13.8. The van der Waals surface area contributed by atoms with Crippen molar-refractivity contribution in [2.24, 2.45) is 0 Å². The van der Waals surface area contributed by atoms with Crippen LogP contribution in [-0.4, -0.2) is 26.2 Å². The monoisotopic (exact) mass is 373 g/mol. The number of aliphatic carboxylic acids is 1. The summed E-state index contributed by atoms with van der Waals surface area (Å²) < 4.78 is 13.9. The molecule has 1 fully saturated rings. The molecule has 1 saturated heterocycles. The first-order valence-corrected chi connectivity index (χ1v) is 8.51. The first-order valence-electron chi connectivity index (χ1n) is 7.28. The highest BCUT2D eigenvalue weighted by Crippen LogP contribution is 2.38. The third kappa shape index (κ3) is 3.47. The number of carbonyl (C=O) groups is 2. The van der Waals surface area contributed by atoms with E-state index in [2.05, 4.69) is 0 Å². The van der Waals surface area contributed by atoms with Gasteiger partial charge in [-0.05, 0) is 17.7 Å². The minimum Gasteiger partial charge on any atom is -0.479 e. The topological polar surface area (TPSA) is 57.6 Å². The van der Waals surface area contributed by atoms with Crippen LogP contribution in [0.5, 0.6) is 0 Å². The van der Waals surface area contributed by atoms with Gasteiger partial charge < -0.3 is 5.11 Å². The lowest BCUT2D eigenvalue weighted by Gasteiger charge is -2.23. The molecular formula is C18H12FNO3S2. The van der Waals surface area contributed by atoms with E-state index >= 15 is 0 Å². The largest absolute Gasteiger partial charge is 0.479 e. The Balaban J connectivity index is 1.98. The fourth-order valence-electron chi connectivity index (χ4n) is 2.47. The van der Waals surface area contributed by atoms with Crippen LogP contribution in [0.2, 0.25) is 0 Å². The van der Waals surface area contributed by atoms with Crippen LogP contribution in [0.1, 0.15) is 17.2 Å². The number of hydrogen-bond donors (Lipinski definition) is 1. The highest BCUT2D eigenvalue weighted by atomic mass is 32.2. The molecule has 0 aromatic heterocycles. The standard InChI is InChI=1S/C18H12FNO3S2/c19-13-9-5-4-8-12(13)10-14-16(21)20(18(24)25-14)15(17(22)23)11-6-2-1-3-7-11/h1-10,15H,(H,22,23)/b14-10-/t15-/m1/s1. The summed E-state index contributed by atoms with van der Waals surface area (Å²) in [4.78, 5) is 25.7. The van der Waals surface area contributed by atoms with E-state index in [1.165, 1.54) is 18.2 Å². The second-order valence-corrected chi connectivity index (χ2v) is 6.90. The van der Waals surface area contributed by atoms with Crippen LogP contribution in [-0.2, 0) is 9.59 Å². The van der Waals surface area contributed by atoms with Crippen LogP contribution in [0.3, 0.4) is 0 Å². The van der Waals surface area contributed by atoms with E-state index in [0.717, 1.165) is 16.7 Å². The van der Waals surface area contributed by atoms with E-state index in [0.29, 0.717) is 5.56 Å². The molecule has 1 aliphatic rings. The second-order valence-electron chi connectivity index (χ2n) is 5.22. The van der Waals surface area contributed by atoms with Gasteiger partial charge in [-0.1, -0.05) is 72.5 Å². The van der Waals surface area contributed by atoms with Gasteiger partial charge in [0.05, 0.1) is 4.91 Å². The molecule has 0 spiro atoms. The third-order valence-corrected chi connectivity index (χ3v) is 4.95. The Morgan fingerprint density at radius 1 is 1.16 bits per heavy atom. The SMILES string of the molecule is O=C(O)[C@@H](c1ccccc1)N1C(=O)/C(=C/c2ccccc2F)SC1=S. The Hall–Kier alpha value is -2.51. The number of hydrogen-bond acceptors (Lipinski definition) is 4. The predicted molar refractivity (Wildman–Crippen MR) is 98.2 cm³/mol. The average molecular weight is 373 g/mol. The van der Waals surface area contributed by atoms with Crippen LogP contribution >= 0.6 is 24.0 Å². The number of halogens is 1. The quantitative estimate of drug-likeness (QED) is 0.652. The van der Waals surface area contributed by atoms with Crippen LogP contribution < -0.4 is 0 Å². The van der Waals surface area contributed by atoms with Gasteiger partial charge in [0.15, 0.2) is 6.04 Å². The number of carbonyl (C=O) groups excluding carboxylic acids is 1. The summed E-state index contributed by atoms with van der Waals surface area (Å²) in [6.45, 7) is 0. The van der Waals surface area contributed by atoms with Gasteiger partial charge in [-0.3, -0.25) is 9.69 Å². The van der Waals surface area contributed by atoms with Crippen LogP contribution in [0, 0.1) is 5.82 Å². The summed E-state index contributed by atoms with van der Waals surface area (Å²) in [5, 5.41) is 9.60. The number of carboxylic acids is 1. The molecular weight excluding hydrogens is 361 g/mol. The summed E-state index contributed by atoms with van der Waals surface area (Å²) in [6.07, 6.45) is 1.39. The molecule has 1 amide bonds. The van der Waals surface area contributed by atoms with Crippen LogP contribution in [0.4, 0.5) is 4.39 Å². The van der Waals surface area contributed by atoms with Crippen molar-refractivity contribution < 1.29 is 19.1 Å². The van der Waals surface area contributed by atoms with Crippen molar-refractivity contribution in [2.45, 2.75) is 6.04 Å². The highest BCUT2D eigenvalue weighted by Gasteiger charge is 2.41. The van der Waals surface area contributed by atoms with Gasteiger partial charge in [0.2, 0.25) is 0 Å². The number of nitrogens with zero attached hydrogens (tertiary/aromatic N) is 1. The van der Waals surface area contributed by atoms with Gasteiger partial charge in [0, 0.05) is 5.56 Å². The van der Waals surface area contributed by atoms with E-state index in [9.17, 15) is 19.1 Å². The maximum atomic E-state index is 13.8. The van der Waals surface area contributed by atoms with Gasteiger partial charge in [-0.15, -0.1) is 0 Å². The van der Waals surface area contributed by atoms with Gasteiger partial charge in [0.25, 0.3) is 5.91 Å². The fourth-order valence-corrected chi connectivity index (χ4v) is 3.78. The number of thiocarbonyl (C=S) groups is 1. The first-order chi connectivity index (χ1) is 12.0.